The maximum Gasteiger partial charge on any atom is 0.410 e. The first-order chi connectivity index (χ1) is 13.0. The third-order valence-corrected chi connectivity index (χ3v) is 4.55. The lowest BCUT2D eigenvalue weighted by Gasteiger charge is -2.33. The summed E-state index contributed by atoms with van der Waals surface area (Å²) >= 11 is 0. The molecule has 0 aromatic rings. The predicted octanol–water partition coefficient (Wildman–Crippen LogP) is 2.69. The number of nitrogens with one attached hydrogen (secondary N) is 2. The van der Waals surface area contributed by atoms with Gasteiger partial charge in [0.2, 0.25) is 0 Å². The molecule has 1 fully saturated rings. The van der Waals surface area contributed by atoms with Crippen LogP contribution in [0.5, 0.6) is 0 Å². The molecule has 1 unspecified atom stereocenters. The second-order valence-electron chi connectivity index (χ2n) is 9.07. The highest BCUT2D eigenvalue weighted by Crippen LogP contribution is 2.12. The molecule has 0 radical (unpaired) electrons. The zero-order valence-corrected chi connectivity index (χ0v) is 19.0. The summed E-state index contributed by atoms with van der Waals surface area (Å²) in [4.78, 5) is 20.5. The number of rotatable bonds is 7. The maximum absolute atomic E-state index is 12.1. The normalized spacial score (nSPS) is 17.8. The van der Waals surface area contributed by atoms with Crippen molar-refractivity contribution in [1.29, 1.82) is 0 Å². The van der Waals surface area contributed by atoms with Gasteiger partial charge in [-0.05, 0) is 46.5 Å². The second-order valence-corrected chi connectivity index (χ2v) is 9.07. The van der Waals surface area contributed by atoms with E-state index in [-0.39, 0.29) is 12.0 Å². The van der Waals surface area contributed by atoms with Crippen molar-refractivity contribution >= 4 is 12.1 Å². The molecule has 28 heavy (non-hydrogen) atoms. The number of nitrogens with zero attached hydrogens (tertiary/aromatic N) is 3. The fourth-order valence-electron chi connectivity index (χ4n) is 3.22. The molecule has 1 rings (SSSR count). The van der Waals surface area contributed by atoms with E-state index < -0.39 is 5.60 Å². The van der Waals surface area contributed by atoms with Crippen molar-refractivity contribution in [3.8, 4) is 0 Å². The van der Waals surface area contributed by atoms with Crippen molar-refractivity contribution in [3.63, 3.8) is 0 Å². The van der Waals surface area contributed by atoms with Gasteiger partial charge in [0.1, 0.15) is 5.60 Å². The summed E-state index contributed by atoms with van der Waals surface area (Å²) in [6, 6.07) is 0.437. The number of guanidine groups is 1. The van der Waals surface area contributed by atoms with Crippen LogP contribution < -0.4 is 10.6 Å². The summed E-state index contributed by atoms with van der Waals surface area (Å²) in [5, 5.41) is 6.91. The first-order valence-electron chi connectivity index (χ1n) is 10.3. The van der Waals surface area contributed by atoms with Gasteiger partial charge in [-0.15, -0.1) is 0 Å². The Morgan fingerprint density at radius 2 is 1.96 bits per heavy atom. The predicted molar refractivity (Wildman–Crippen MR) is 117 cm³/mol. The van der Waals surface area contributed by atoms with Gasteiger partial charge >= 0.3 is 6.09 Å². The van der Waals surface area contributed by atoms with Crippen LogP contribution in [0.25, 0.3) is 0 Å². The van der Waals surface area contributed by atoms with Gasteiger partial charge in [0.15, 0.2) is 5.96 Å². The largest absolute Gasteiger partial charge is 0.444 e. The topological polar surface area (TPSA) is 69.2 Å². The maximum atomic E-state index is 12.1. The minimum absolute atomic E-state index is 0.272. The molecule has 0 aliphatic carbocycles. The molecule has 7 heteroatoms. The number of amides is 1. The lowest BCUT2D eigenvalue weighted by Crippen LogP contribution is -2.50. The number of likely N-dealkylation sites (tertiary alicyclic amines) is 1. The lowest BCUT2D eigenvalue weighted by molar-refractivity contribution is 0.0278. The number of ether oxygens (including phenoxy) is 1. The molecule has 162 valence electrons. The van der Waals surface area contributed by atoms with Gasteiger partial charge in [0.25, 0.3) is 0 Å². The van der Waals surface area contributed by atoms with Crippen molar-refractivity contribution < 1.29 is 9.53 Å². The number of carbonyl (C=O) groups is 1. The van der Waals surface area contributed by atoms with Crippen LogP contribution in [0.4, 0.5) is 4.79 Å². The van der Waals surface area contributed by atoms with Crippen molar-refractivity contribution in [3.05, 3.63) is 12.2 Å². The highest BCUT2D eigenvalue weighted by molar-refractivity contribution is 5.80. The smallest absolute Gasteiger partial charge is 0.410 e. The first kappa shape index (κ1) is 24.3. The van der Waals surface area contributed by atoms with E-state index in [1.807, 2.05) is 20.8 Å². The SMILES string of the molecule is C=C(C)CN1CCC(NC(=NC)NCC(C)CN(C)C(=O)OC(C)(C)C)CC1. The van der Waals surface area contributed by atoms with Gasteiger partial charge in [-0.1, -0.05) is 19.1 Å². The minimum atomic E-state index is -0.473. The highest BCUT2D eigenvalue weighted by Gasteiger charge is 2.22. The molecule has 0 spiro atoms. The van der Waals surface area contributed by atoms with Crippen LogP contribution in [-0.2, 0) is 4.74 Å². The molecule has 1 aliphatic rings. The van der Waals surface area contributed by atoms with E-state index in [4.69, 9.17) is 4.74 Å². The van der Waals surface area contributed by atoms with E-state index in [9.17, 15) is 4.79 Å². The molecule has 0 aromatic heterocycles. The second kappa shape index (κ2) is 11.3. The third kappa shape index (κ3) is 9.97. The van der Waals surface area contributed by atoms with Gasteiger partial charge in [-0.2, -0.15) is 0 Å². The van der Waals surface area contributed by atoms with Gasteiger partial charge in [-0.3, -0.25) is 9.89 Å². The molecule has 2 N–H and O–H groups in total. The van der Waals surface area contributed by atoms with Crippen LogP contribution in [0.2, 0.25) is 0 Å². The van der Waals surface area contributed by atoms with Crippen LogP contribution in [0.15, 0.2) is 17.1 Å². The van der Waals surface area contributed by atoms with Crippen LogP contribution >= 0.6 is 0 Å². The summed E-state index contributed by atoms with van der Waals surface area (Å²) in [6.45, 7) is 18.3. The van der Waals surface area contributed by atoms with Crippen molar-refractivity contribution in [1.82, 2.24) is 20.4 Å². The number of hydrogen-bond acceptors (Lipinski definition) is 4. The van der Waals surface area contributed by atoms with Crippen LogP contribution in [0.1, 0.15) is 47.5 Å². The molecule has 0 aromatic carbocycles. The zero-order chi connectivity index (χ0) is 21.3. The Hall–Kier alpha value is -1.76. The summed E-state index contributed by atoms with van der Waals surface area (Å²) in [7, 11) is 3.57. The Bertz CT molecular complexity index is 533. The number of hydrogen-bond donors (Lipinski definition) is 2. The third-order valence-electron chi connectivity index (χ3n) is 4.55. The van der Waals surface area contributed by atoms with Crippen LogP contribution in [0.3, 0.4) is 0 Å². The fourth-order valence-corrected chi connectivity index (χ4v) is 3.22. The standard InChI is InChI=1S/C21H41N5O2/c1-16(2)14-26-11-9-18(10-12-26)24-19(22-7)23-13-17(3)15-25(8)20(27)28-21(4,5)6/h17-18H,1,9-15H2,2-8H3,(H2,22,23,24). The van der Waals surface area contributed by atoms with E-state index in [2.05, 4.69) is 41.0 Å². The Morgan fingerprint density at radius 1 is 1.36 bits per heavy atom. The molecular formula is C21H41N5O2. The van der Waals surface area contributed by atoms with E-state index in [0.717, 1.165) is 45.0 Å². The summed E-state index contributed by atoms with van der Waals surface area (Å²) in [5.41, 5.74) is 0.743. The van der Waals surface area contributed by atoms with E-state index in [1.165, 1.54) is 5.57 Å². The Kier molecular flexibility index (Phi) is 9.79. The molecular weight excluding hydrogens is 354 g/mol. The molecule has 1 atom stereocenters. The van der Waals surface area contributed by atoms with Crippen molar-refractivity contribution in [2.75, 3.05) is 46.8 Å². The van der Waals surface area contributed by atoms with E-state index in [0.29, 0.717) is 12.6 Å². The first-order valence-corrected chi connectivity index (χ1v) is 10.3. The van der Waals surface area contributed by atoms with Crippen molar-refractivity contribution in [2.45, 2.75) is 59.1 Å². The quantitative estimate of drug-likeness (QED) is 0.394. The number of piperidine rings is 1. The Morgan fingerprint density at radius 3 is 2.46 bits per heavy atom. The van der Waals surface area contributed by atoms with Crippen LogP contribution in [0, 0.1) is 5.92 Å². The molecule has 1 amide bonds. The molecule has 1 aliphatic heterocycles. The number of carbonyl (C=O) groups excluding carboxylic acids is 1. The average molecular weight is 396 g/mol. The molecule has 0 saturated carbocycles. The van der Waals surface area contributed by atoms with Gasteiger partial charge < -0.3 is 20.3 Å². The monoisotopic (exact) mass is 395 g/mol. The molecule has 7 nitrogen and oxygen atoms in total. The summed E-state index contributed by atoms with van der Waals surface area (Å²) < 4.78 is 5.40. The van der Waals surface area contributed by atoms with E-state index >= 15 is 0 Å². The van der Waals surface area contributed by atoms with Crippen molar-refractivity contribution in [2.24, 2.45) is 10.9 Å². The Labute approximate surface area is 171 Å². The summed E-state index contributed by atoms with van der Waals surface area (Å²) in [5.74, 6) is 1.10. The highest BCUT2D eigenvalue weighted by atomic mass is 16.6. The van der Waals surface area contributed by atoms with Gasteiger partial charge in [-0.25, -0.2) is 4.79 Å². The molecule has 1 saturated heterocycles. The van der Waals surface area contributed by atoms with Gasteiger partial charge in [0.05, 0.1) is 0 Å². The minimum Gasteiger partial charge on any atom is -0.444 e. The van der Waals surface area contributed by atoms with Gasteiger partial charge in [0, 0.05) is 52.9 Å². The van der Waals surface area contributed by atoms with E-state index in [1.54, 1.807) is 19.0 Å². The van der Waals surface area contributed by atoms with Crippen LogP contribution in [-0.4, -0.2) is 80.3 Å². The lowest BCUT2D eigenvalue weighted by atomic mass is 10.0. The Balaban J connectivity index is 2.34. The average Bonchev–Trinajstić information content (AvgIpc) is 2.58. The fraction of sp³-hybridized carbons (Fsp3) is 0.810. The molecule has 1 heterocycles. The summed E-state index contributed by atoms with van der Waals surface area (Å²) in [6.07, 6.45) is 1.92. The molecule has 0 bridgehead atoms. The zero-order valence-electron chi connectivity index (χ0n) is 19.0. The number of aliphatic imine (C=N–C) groups is 1.